The summed E-state index contributed by atoms with van der Waals surface area (Å²) in [5.74, 6) is 6.27. The summed E-state index contributed by atoms with van der Waals surface area (Å²) in [7, 11) is 0. The largest absolute Gasteiger partial charge is 0.0670 e. The Balaban J connectivity index is 1.50. The van der Waals surface area contributed by atoms with Crippen molar-refractivity contribution in [3.63, 3.8) is 0 Å². The maximum absolute atomic E-state index is 2.59. The molecular formula is C31H50. The van der Waals surface area contributed by atoms with Crippen LogP contribution in [0, 0.1) is 51.8 Å². The van der Waals surface area contributed by atoms with E-state index in [0.29, 0.717) is 16.2 Å². The molecule has 31 heavy (non-hydrogen) atoms. The molecule has 0 aromatic heterocycles. The Morgan fingerprint density at radius 2 is 1.13 bits per heavy atom. The Labute approximate surface area is 193 Å². The van der Waals surface area contributed by atoms with E-state index in [9.17, 15) is 0 Å². The Bertz CT molecular complexity index is 737. The summed E-state index contributed by atoms with van der Waals surface area (Å²) in [4.78, 5) is 0. The second kappa shape index (κ2) is 7.37. The topological polar surface area (TPSA) is 0 Å². The zero-order valence-corrected chi connectivity index (χ0v) is 21.3. The predicted molar refractivity (Wildman–Crippen MR) is 132 cm³/mol. The van der Waals surface area contributed by atoms with Crippen LogP contribution in [-0.4, -0.2) is 0 Å². The molecule has 4 saturated carbocycles. The molecule has 0 aromatic rings. The average molecular weight is 423 g/mol. The maximum Gasteiger partial charge on any atom is 0.00105 e. The number of hydrogen-bond donors (Lipinski definition) is 0. The predicted octanol–water partition coefficient (Wildman–Crippen LogP) is 9.34. The minimum Gasteiger partial charge on any atom is -0.0670 e. The number of fused-ring (bicyclic) bond motifs is 9. The lowest BCUT2D eigenvalue weighted by atomic mass is 9.55. The van der Waals surface area contributed by atoms with Gasteiger partial charge in [-0.05, 0) is 136 Å². The number of hydrogen-bond acceptors (Lipinski definition) is 0. The molecule has 0 saturated heterocycles. The zero-order chi connectivity index (χ0) is 21.4. The van der Waals surface area contributed by atoms with Crippen molar-refractivity contribution in [1.82, 2.24) is 0 Å². The van der Waals surface area contributed by atoms with Crippen LogP contribution in [-0.2, 0) is 0 Å². The van der Waals surface area contributed by atoms with E-state index in [2.05, 4.69) is 38.8 Å². The van der Waals surface area contributed by atoms with Crippen LogP contribution < -0.4 is 0 Å². The molecule has 0 aliphatic heterocycles. The maximum atomic E-state index is 2.59. The first kappa shape index (κ1) is 21.3. The molecule has 7 unspecified atom stereocenters. The molecule has 0 aromatic carbocycles. The molecule has 6 aliphatic carbocycles. The number of rotatable bonds is 0. The summed E-state index contributed by atoms with van der Waals surface area (Å²) >= 11 is 0. The highest BCUT2D eigenvalue weighted by atomic mass is 14.7. The molecule has 6 aliphatic rings. The molecule has 0 radical (unpaired) electrons. The van der Waals surface area contributed by atoms with Crippen LogP contribution in [0.1, 0.15) is 130 Å². The van der Waals surface area contributed by atoms with Crippen molar-refractivity contribution in [3.8, 4) is 0 Å². The van der Waals surface area contributed by atoms with E-state index in [0.717, 1.165) is 35.5 Å². The minimum absolute atomic E-state index is 0.580. The summed E-state index contributed by atoms with van der Waals surface area (Å²) in [5, 5.41) is 0. The van der Waals surface area contributed by atoms with Crippen LogP contribution in [0.3, 0.4) is 0 Å². The highest BCUT2D eigenvalue weighted by Gasteiger charge is 2.68. The van der Waals surface area contributed by atoms with Gasteiger partial charge in [0.15, 0.2) is 0 Å². The van der Waals surface area contributed by atoms with Gasteiger partial charge < -0.3 is 0 Å². The van der Waals surface area contributed by atoms with Crippen molar-refractivity contribution >= 4 is 0 Å². The number of allylic oxidation sites excluding steroid dienone is 2. The third-order valence-corrected chi connectivity index (χ3v) is 12.2. The Hall–Kier alpha value is -0.260. The molecule has 7 atom stereocenters. The van der Waals surface area contributed by atoms with Crippen molar-refractivity contribution in [2.24, 2.45) is 51.8 Å². The Morgan fingerprint density at radius 1 is 0.548 bits per heavy atom. The molecule has 0 bridgehead atoms. The Kier molecular flexibility index (Phi) is 5.06. The van der Waals surface area contributed by atoms with Crippen molar-refractivity contribution < 1.29 is 0 Å². The van der Waals surface area contributed by atoms with Crippen molar-refractivity contribution in [3.05, 3.63) is 11.1 Å². The van der Waals surface area contributed by atoms with Crippen LogP contribution in [0.4, 0.5) is 0 Å². The van der Waals surface area contributed by atoms with E-state index in [1.54, 1.807) is 38.5 Å². The standard InChI is InChI=1S/C31H50/c1-29(2)17-13-23-21-9-5-7-11-25(21)31(27(23)15-19-29)26-12-8-6-10-22(26)24-14-18-30(3,4)20-16-28(24)31/h21,23-25,27-28H,5-20H2,1-4H3. The van der Waals surface area contributed by atoms with Gasteiger partial charge in [0.05, 0.1) is 0 Å². The first-order valence-electron chi connectivity index (χ1n) is 14.6. The van der Waals surface area contributed by atoms with Gasteiger partial charge in [-0.15, -0.1) is 0 Å². The highest BCUT2D eigenvalue weighted by Crippen LogP contribution is 2.76. The summed E-state index contributed by atoms with van der Waals surface area (Å²) in [6.45, 7) is 10.4. The lowest BCUT2D eigenvalue weighted by molar-refractivity contribution is 0.0395. The fraction of sp³-hybridized carbons (Fsp3) is 0.935. The van der Waals surface area contributed by atoms with Gasteiger partial charge in [0.25, 0.3) is 0 Å². The van der Waals surface area contributed by atoms with Gasteiger partial charge in [-0.25, -0.2) is 0 Å². The minimum atomic E-state index is 0.580. The summed E-state index contributed by atoms with van der Waals surface area (Å²) in [6, 6.07) is 0. The SMILES string of the molecule is CC1(C)CCC2C3=C(CCCC3)C3(C2CC1)C1CCCCC1C1CCC(C)(C)CCC13. The van der Waals surface area contributed by atoms with Gasteiger partial charge in [0.1, 0.15) is 0 Å². The second-order valence-corrected chi connectivity index (χ2v) is 14.7. The van der Waals surface area contributed by atoms with Gasteiger partial charge in [0.2, 0.25) is 0 Å². The molecule has 174 valence electrons. The van der Waals surface area contributed by atoms with Gasteiger partial charge >= 0.3 is 0 Å². The van der Waals surface area contributed by atoms with Gasteiger partial charge in [-0.3, -0.25) is 0 Å². The fourth-order valence-corrected chi connectivity index (χ4v) is 11.0. The summed E-state index contributed by atoms with van der Waals surface area (Å²) in [6.07, 6.45) is 24.4. The van der Waals surface area contributed by atoms with Crippen LogP contribution in [0.2, 0.25) is 0 Å². The lowest BCUT2D eigenvalue weighted by Crippen LogP contribution is -2.42. The van der Waals surface area contributed by atoms with Crippen molar-refractivity contribution in [1.29, 1.82) is 0 Å². The van der Waals surface area contributed by atoms with E-state index in [1.807, 2.05) is 0 Å². The molecule has 0 heterocycles. The first-order valence-corrected chi connectivity index (χ1v) is 14.6. The van der Waals surface area contributed by atoms with Crippen LogP contribution >= 0.6 is 0 Å². The highest BCUT2D eigenvalue weighted by molar-refractivity contribution is 5.40. The van der Waals surface area contributed by atoms with E-state index in [-0.39, 0.29) is 0 Å². The van der Waals surface area contributed by atoms with Crippen molar-refractivity contribution in [2.75, 3.05) is 0 Å². The molecule has 0 nitrogen and oxygen atoms in total. The van der Waals surface area contributed by atoms with E-state index in [4.69, 9.17) is 0 Å². The quantitative estimate of drug-likeness (QED) is 0.341. The molecule has 0 amide bonds. The molecule has 4 fully saturated rings. The molecule has 1 spiro atoms. The van der Waals surface area contributed by atoms with Crippen LogP contribution in [0.25, 0.3) is 0 Å². The molecular weight excluding hydrogens is 372 g/mol. The summed E-state index contributed by atoms with van der Waals surface area (Å²) < 4.78 is 0. The lowest BCUT2D eigenvalue weighted by Gasteiger charge is -2.49. The smallest absolute Gasteiger partial charge is 0.00105 e. The molecule has 0 heteroatoms. The van der Waals surface area contributed by atoms with Crippen LogP contribution in [0.15, 0.2) is 11.1 Å². The monoisotopic (exact) mass is 422 g/mol. The zero-order valence-electron chi connectivity index (χ0n) is 21.3. The van der Waals surface area contributed by atoms with E-state index < -0.39 is 0 Å². The first-order chi connectivity index (χ1) is 14.8. The molecule has 6 rings (SSSR count). The van der Waals surface area contributed by atoms with Crippen LogP contribution in [0.5, 0.6) is 0 Å². The van der Waals surface area contributed by atoms with Crippen molar-refractivity contribution in [2.45, 2.75) is 130 Å². The third kappa shape index (κ3) is 3.11. The Morgan fingerprint density at radius 3 is 1.94 bits per heavy atom. The summed E-state index contributed by atoms with van der Waals surface area (Å²) in [5.41, 5.74) is 6.02. The van der Waals surface area contributed by atoms with E-state index >= 15 is 0 Å². The van der Waals surface area contributed by atoms with E-state index in [1.165, 1.54) is 64.2 Å². The van der Waals surface area contributed by atoms with Gasteiger partial charge in [0, 0.05) is 5.41 Å². The fourth-order valence-electron chi connectivity index (χ4n) is 11.0. The molecule has 0 N–H and O–H groups in total. The van der Waals surface area contributed by atoms with Gasteiger partial charge in [-0.1, -0.05) is 51.7 Å². The normalized spacial score (nSPS) is 48.4. The average Bonchev–Trinajstić information content (AvgIpc) is 3.03. The second-order valence-electron chi connectivity index (χ2n) is 14.7. The third-order valence-electron chi connectivity index (χ3n) is 12.2. The van der Waals surface area contributed by atoms with Gasteiger partial charge in [-0.2, -0.15) is 0 Å².